The van der Waals surface area contributed by atoms with E-state index < -0.39 is 5.82 Å². The van der Waals surface area contributed by atoms with Crippen molar-refractivity contribution in [1.29, 1.82) is 0 Å². The van der Waals surface area contributed by atoms with E-state index in [9.17, 15) is 4.39 Å². The Kier molecular flexibility index (Phi) is 2.75. The van der Waals surface area contributed by atoms with Crippen LogP contribution in [0.3, 0.4) is 0 Å². The summed E-state index contributed by atoms with van der Waals surface area (Å²) in [6, 6.07) is 5.81. The van der Waals surface area contributed by atoms with Gasteiger partial charge in [0.05, 0.1) is 5.69 Å². The van der Waals surface area contributed by atoms with Gasteiger partial charge in [0, 0.05) is 16.7 Å². The SMILES string of the molecule is Cc1nc(N)cc(-c2cc(F)cc(Cl)c2)n1. The van der Waals surface area contributed by atoms with Gasteiger partial charge in [0.1, 0.15) is 17.5 Å². The van der Waals surface area contributed by atoms with Crippen LogP contribution in [0.4, 0.5) is 10.2 Å². The largest absolute Gasteiger partial charge is 0.384 e. The summed E-state index contributed by atoms with van der Waals surface area (Å²) in [5.41, 5.74) is 6.74. The van der Waals surface area contributed by atoms with Crippen LogP contribution in [0.15, 0.2) is 24.3 Å². The van der Waals surface area contributed by atoms with Gasteiger partial charge in [-0.2, -0.15) is 0 Å². The maximum absolute atomic E-state index is 13.2. The molecular weight excluding hydrogens is 229 g/mol. The summed E-state index contributed by atoms with van der Waals surface area (Å²) < 4.78 is 13.2. The Bertz CT molecular complexity index is 453. The maximum atomic E-state index is 13.2. The van der Waals surface area contributed by atoms with Gasteiger partial charge in [-0.25, -0.2) is 14.4 Å². The summed E-state index contributed by atoms with van der Waals surface area (Å²) >= 11 is 5.76. The number of rotatable bonds is 1. The van der Waals surface area contributed by atoms with Gasteiger partial charge in [-0.15, -0.1) is 0 Å². The second kappa shape index (κ2) is 4.06. The molecule has 0 amide bonds. The van der Waals surface area contributed by atoms with Crippen LogP contribution in [0.2, 0.25) is 5.02 Å². The normalized spacial score (nSPS) is 10.4. The number of halogens is 2. The Morgan fingerprint density at radius 1 is 1.19 bits per heavy atom. The van der Waals surface area contributed by atoms with Crippen molar-refractivity contribution in [2.45, 2.75) is 6.92 Å². The van der Waals surface area contributed by atoms with Crippen LogP contribution < -0.4 is 5.73 Å². The van der Waals surface area contributed by atoms with E-state index in [1.807, 2.05) is 0 Å². The smallest absolute Gasteiger partial charge is 0.128 e. The number of aryl methyl sites for hydroxylation is 1. The van der Waals surface area contributed by atoms with Crippen LogP contribution >= 0.6 is 11.6 Å². The first-order valence-corrected chi connectivity index (χ1v) is 5.00. The third-order valence-corrected chi connectivity index (χ3v) is 2.23. The molecule has 0 aliphatic carbocycles. The molecule has 5 heteroatoms. The molecule has 0 unspecified atom stereocenters. The lowest BCUT2D eigenvalue weighted by Gasteiger charge is -2.04. The summed E-state index contributed by atoms with van der Waals surface area (Å²) in [5, 5.41) is 0.324. The van der Waals surface area contributed by atoms with E-state index in [4.69, 9.17) is 17.3 Å². The van der Waals surface area contributed by atoms with Crippen LogP contribution in [0.1, 0.15) is 5.82 Å². The highest BCUT2D eigenvalue weighted by molar-refractivity contribution is 6.30. The Morgan fingerprint density at radius 2 is 1.94 bits per heavy atom. The third-order valence-electron chi connectivity index (χ3n) is 2.02. The van der Waals surface area contributed by atoms with Gasteiger partial charge in [-0.05, 0) is 25.1 Å². The van der Waals surface area contributed by atoms with Crippen molar-refractivity contribution in [2.75, 3.05) is 5.73 Å². The first-order valence-electron chi connectivity index (χ1n) is 4.62. The van der Waals surface area contributed by atoms with Crippen LogP contribution in [-0.2, 0) is 0 Å². The van der Waals surface area contributed by atoms with Gasteiger partial charge in [0.25, 0.3) is 0 Å². The predicted octanol–water partition coefficient (Wildman–Crippen LogP) is 2.83. The van der Waals surface area contributed by atoms with Gasteiger partial charge in [0.2, 0.25) is 0 Å². The molecule has 0 radical (unpaired) electrons. The summed E-state index contributed by atoms with van der Waals surface area (Å²) in [7, 11) is 0. The predicted molar refractivity (Wildman–Crippen MR) is 61.6 cm³/mol. The number of hydrogen-bond acceptors (Lipinski definition) is 3. The molecule has 1 heterocycles. The minimum Gasteiger partial charge on any atom is -0.384 e. The molecular formula is C11H9ClFN3. The fourth-order valence-corrected chi connectivity index (χ4v) is 1.66. The molecule has 0 saturated carbocycles. The number of anilines is 1. The third kappa shape index (κ3) is 2.28. The second-order valence-corrected chi connectivity index (χ2v) is 3.82. The zero-order chi connectivity index (χ0) is 11.7. The fraction of sp³-hybridized carbons (Fsp3) is 0.0909. The minimum absolute atomic E-state index is 0.324. The monoisotopic (exact) mass is 237 g/mol. The number of aromatic nitrogens is 2. The number of hydrogen-bond donors (Lipinski definition) is 1. The summed E-state index contributed by atoms with van der Waals surface area (Å²) in [6.45, 7) is 1.72. The van der Waals surface area contributed by atoms with Crippen molar-refractivity contribution < 1.29 is 4.39 Å². The molecule has 82 valence electrons. The van der Waals surface area contributed by atoms with E-state index in [0.29, 0.717) is 27.9 Å². The van der Waals surface area contributed by atoms with Crippen LogP contribution in [0.25, 0.3) is 11.3 Å². The Balaban J connectivity index is 2.57. The van der Waals surface area contributed by atoms with Gasteiger partial charge in [-0.3, -0.25) is 0 Å². The van der Waals surface area contributed by atoms with E-state index in [0.717, 1.165) is 0 Å². The number of benzene rings is 1. The molecule has 2 N–H and O–H groups in total. The number of nitrogen functional groups attached to an aromatic ring is 1. The molecule has 3 nitrogen and oxygen atoms in total. The van der Waals surface area contributed by atoms with Gasteiger partial charge in [0.15, 0.2) is 0 Å². The average molecular weight is 238 g/mol. The molecule has 2 aromatic rings. The summed E-state index contributed by atoms with van der Waals surface area (Å²) in [6.07, 6.45) is 0. The molecule has 0 fully saturated rings. The highest BCUT2D eigenvalue weighted by Gasteiger charge is 2.05. The topological polar surface area (TPSA) is 51.8 Å². The Morgan fingerprint density at radius 3 is 2.56 bits per heavy atom. The second-order valence-electron chi connectivity index (χ2n) is 3.38. The molecule has 1 aromatic carbocycles. The first kappa shape index (κ1) is 10.8. The Labute approximate surface area is 97.1 Å². The standard InChI is InChI=1S/C11H9ClFN3/c1-6-15-10(5-11(14)16-6)7-2-8(12)4-9(13)3-7/h2-5H,1H3,(H2,14,15,16). The lowest BCUT2D eigenvalue weighted by Crippen LogP contribution is -1.97. The van der Waals surface area contributed by atoms with Crippen molar-refractivity contribution in [2.24, 2.45) is 0 Å². The van der Waals surface area contributed by atoms with Crippen molar-refractivity contribution in [3.8, 4) is 11.3 Å². The molecule has 0 bridgehead atoms. The quantitative estimate of drug-likeness (QED) is 0.830. The minimum atomic E-state index is -0.405. The number of nitrogens with two attached hydrogens (primary N) is 1. The van der Waals surface area contributed by atoms with Crippen molar-refractivity contribution in [1.82, 2.24) is 9.97 Å². The molecule has 16 heavy (non-hydrogen) atoms. The van der Waals surface area contributed by atoms with Crippen LogP contribution in [-0.4, -0.2) is 9.97 Å². The highest BCUT2D eigenvalue weighted by Crippen LogP contribution is 2.23. The van der Waals surface area contributed by atoms with Crippen molar-refractivity contribution >= 4 is 17.4 Å². The summed E-state index contributed by atoms with van der Waals surface area (Å²) in [5.74, 6) is 0.482. The van der Waals surface area contributed by atoms with E-state index in [1.165, 1.54) is 12.1 Å². The van der Waals surface area contributed by atoms with Gasteiger partial charge < -0.3 is 5.73 Å². The average Bonchev–Trinajstić information content (AvgIpc) is 2.14. The summed E-state index contributed by atoms with van der Waals surface area (Å²) in [4.78, 5) is 8.11. The molecule has 2 rings (SSSR count). The van der Waals surface area contributed by atoms with E-state index in [2.05, 4.69) is 9.97 Å². The highest BCUT2D eigenvalue weighted by atomic mass is 35.5. The van der Waals surface area contributed by atoms with Crippen LogP contribution in [0.5, 0.6) is 0 Å². The van der Waals surface area contributed by atoms with E-state index in [1.54, 1.807) is 19.1 Å². The molecule has 0 aliphatic rings. The molecule has 0 atom stereocenters. The van der Waals surface area contributed by atoms with Crippen molar-refractivity contribution in [3.05, 3.63) is 40.9 Å². The van der Waals surface area contributed by atoms with Crippen LogP contribution in [0, 0.1) is 12.7 Å². The molecule has 0 aliphatic heterocycles. The zero-order valence-corrected chi connectivity index (χ0v) is 9.29. The lowest BCUT2D eigenvalue weighted by molar-refractivity contribution is 0.628. The zero-order valence-electron chi connectivity index (χ0n) is 8.54. The first-order chi connectivity index (χ1) is 7.54. The maximum Gasteiger partial charge on any atom is 0.128 e. The molecule has 1 aromatic heterocycles. The van der Waals surface area contributed by atoms with Gasteiger partial charge in [-0.1, -0.05) is 11.6 Å². The molecule has 0 saturated heterocycles. The van der Waals surface area contributed by atoms with Gasteiger partial charge >= 0.3 is 0 Å². The van der Waals surface area contributed by atoms with E-state index in [-0.39, 0.29) is 0 Å². The van der Waals surface area contributed by atoms with Crippen molar-refractivity contribution in [3.63, 3.8) is 0 Å². The Hall–Kier alpha value is -1.68. The lowest BCUT2D eigenvalue weighted by atomic mass is 10.1. The number of nitrogens with zero attached hydrogens (tertiary/aromatic N) is 2. The van der Waals surface area contributed by atoms with E-state index >= 15 is 0 Å². The fourth-order valence-electron chi connectivity index (χ4n) is 1.44. The molecule has 0 spiro atoms.